The summed E-state index contributed by atoms with van der Waals surface area (Å²) in [6.45, 7) is -0.141. The number of rotatable bonds is 4. The van der Waals surface area contributed by atoms with Gasteiger partial charge in [-0.25, -0.2) is 17.5 Å². The molecule has 2 aromatic carbocycles. The molecule has 0 aliphatic heterocycles. The quantitative estimate of drug-likeness (QED) is 0.720. The van der Waals surface area contributed by atoms with Gasteiger partial charge in [-0.1, -0.05) is 18.2 Å². The first-order chi connectivity index (χ1) is 9.81. The number of nitrogen functional groups attached to an aromatic ring is 1. The monoisotopic (exact) mass is 436 g/mol. The van der Waals surface area contributed by atoms with Gasteiger partial charge in [0.05, 0.1) is 0 Å². The van der Waals surface area contributed by atoms with Crippen LogP contribution >= 0.6 is 31.9 Å². The maximum absolute atomic E-state index is 13.5. The molecule has 0 aromatic heterocycles. The minimum Gasteiger partial charge on any atom is -0.399 e. The van der Waals surface area contributed by atoms with E-state index in [1.165, 1.54) is 24.3 Å². The number of benzene rings is 2. The van der Waals surface area contributed by atoms with Gasteiger partial charge in [-0.3, -0.25) is 0 Å². The fraction of sp³-hybridized carbons (Fsp3) is 0.0769. The average molecular weight is 438 g/mol. The first-order valence-electron chi connectivity index (χ1n) is 5.79. The third-order valence-electron chi connectivity index (χ3n) is 2.70. The van der Waals surface area contributed by atoms with E-state index in [1.54, 1.807) is 12.1 Å². The van der Waals surface area contributed by atoms with Crippen LogP contribution in [0.25, 0.3) is 0 Å². The molecule has 0 unspecified atom stereocenters. The van der Waals surface area contributed by atoms with Gasteiger partial charge in [0, 0.05) is 26.7 Å². The zero-order chi connectivity index (χ0) is 15.6. The lowest BCUT2D eigenvalue weighted by molar-refractivity contribution is 0.573. The summed E-state index contributed by atoms with van der Waals surface area (Å²) in [5, 5.41) is 0. The molecule has 2 rings (SSSR count). The zero-order valence-corrected chi connectivity index (χ0v) is 14.6. The highest BCUT2D eigenvalue weighted by atomic mass is 79.9. The predicted octanol–water partition coefficient (Wildman–Crippen LogP) is 3.41. The molecule has 2 aromatic rings. The minimum absolute atomic E-state index is 0.0213. The number of hydrogen-bond acceptors (Lipinski definition) is 3. The highest BCUT2D eigenvalue weighted by Crippen LogP contribution is 2.32. The number of halogens is 3. The van der Waals surface area contributed by atoms with E-state index in [1.807, 2.05) is 0 Å². The van der Waals surface area contributed by atoms with Gasteiger partial charge in [0.1, 0.15) is 10.7 Å². The van der Waals surface area contributed by atoms with Crippen molar-refractivity contribution in [2.45, 2.75) is 11.4 Å². The second-order valence-corrected chi connectivity index (χ2v) is 7.64. The fourth-order valence-electron chi connectivity index (χ4n) is 1.72. The Balaban J connectivity index is 2.30. The second kappa shape index (κ2) is 6.43. The van der Waals surface area contributed by atoms with Gasteiger partial charge in [-0.05, 0) is 50.1 Å². The standard InChI is InChI=1S/C13H11Br2FN2O2S/c14-10-5-9(17)6-11(15)13(10)21(19,20)18-7-8-3-1-2-4-12(8)16/h1-6,18H,7,17H2. The Kier molecular flexibility index (Phi) is 5.03. The molecule has 0 amide bonds. The van der Waals surface area contributed by atoms with Crippen LogP contribution in [-0.4, -0.2) is 8.42 Å². The maximum atomic E-state index is 13.5. The third-order valence-corrected chi connectivity index (χ3v) is 5.98. The van der Waals surface area contributed by atoms with E-state index in [9.17, 15) is 12.8 Å². The summed E-state index contributed by atoms with van der Waals surface area (Å²) < 4.78 is 41.2. The van der Waals surface area contributed by atoms with Crippen molar-refractivity contribution in [2.75, 3.05) is 5.73 Å². The molecular formula is C13H11Br2FN2O2S. The number of hydrogen-bond donors (Lipinski definition) is 2. The molecule has 0 aliphatic rings. The van der Waals surface area contributed by atoms with Gasteiger partial charge in [0.15, 0.2) is 0 Å². The third kappa shape index (κ3) is 3.82. The van der Waals surface area contributed by atoms with Crippen LogP contribution in [0.5, 0.6) is 0 Å². The molecular weight excluding hydrogens is 427 g/mol. The van der Waals surface area contributed by atoms with E-state index in [4.69, 9.17) is 5.73 Å². The fourth-order valence-corrected chi connectivity index (χ4v) is 5.34. The van der Waals surface area contributed by atoms with E-state index in [0.29, 0.717) is 14.6 Å². The molecule has 21 heavy (non-hydrogen) atoms. The van der Waals surface area contributed by atoms with Crippen LogP contribution in [0.15, 0.2) is 50.2 Å². The summed E-state index contributed by atoms with van der Waals surface area (Å²) in [5.41, 5.74) is 6.32. The van der Waals surface area contributed by atoms with Gasteiger partial charge in [-0.15, -0.1) is 0 Å². The lowest BCUT2D eigenvalue weighted by Gasteiger charge is -2.11. The lowest BCUT2D eigenvalue weighted by atomic mass is 10.2. The van der Waals surface area contributed by atoms with Crippen molar-refractivity contribution in [1.82, 2.24) is 4.72 Å². The van der Waals surface area contributed by atoms with Crippen LogP contribution in [-0.2, 0) is 16.6 Å². The van der Waals surface area contributed by atoms with E-state index < -0.39 is 15.8 Å². The molecule has 0 saturated carbocycles. The molecule has 3 N–H and O–H groups in total. The first-order valence-corrected chi connectivity index (χ1v) is 8.86. The van der Waals surface area contributed by atoms with Gasteiger partial charge in [0.25, 0.3) is 0 Å². The van der Waals surface area contributed by atoms with Crippen molar-refractivity contribution in [3.8, 4) is 0 Å². The second-order valence-electron chi connectivity index (χ2n) is 4.23. The van der Waals surface area contributed by atoms with Crippen molar-refractivity contribution in [3.05, 3.63) is 56.7 Å². The van der Waals surface area contributed by atoms with Crippen LogP contribution in [0.4, 0.5) is 10.1 Å². The molecule has 0 fully saturated rings. The topological polar surface area (TPSA) is 72.2 Å². The Morgan fingerprint density at radius 1 is 1.14 bits per heavy atom. The number of nitrogens with one attached hydrogen (secondary N) is 1. The van der Waals surface area contributed by atoms with E-state index in [0.717, 1.165) is 0 Å². The van der Waals surface area contributed by atoms with Crippen LogP contribution < -0.4 is 10.5 Å². The summed E-state index contributed by atoms with van der Waals surface area (Å²) in [7, 11) is -3.82. The number of nitrogens with two attached hydrogens (primary N) is 1. The smallest absolute Gasteiger partial charge is 0.243 e. The molecule has 0 radical (unpaired) electrons. The van der Waals surface area contributed by atoms with Crippen molar-refractivity contribution in [2.24, 2.45) is 0 Å². The molecule has 0 aliphatic carbocycles. The first kappa shape index (κ1) is 16.4. The Hall–Kier alpha value is -0.960. The molecule has 112 valence electrons. The van der Waals surface area contributed by atoms with Crippen molar-refractivity contribution in [1.29, 1.82) is 0 Å². The van der Waals surface area contributed by atoms with Gasteiger partial charge in [-0.2, -0.15) is 0 Å². The van der Waals surface area contributed by atoms with Crippen molar-refractivity contribution in [3.63, 3.8) is 0 Å². The SMILES string of the molecule is Nc1cc(Br)c(S(=O)(=O)NCc2ccccc2F)c(Br)c1. The van der Waals surface area contributed by atoms with Crippen molar-refractivity contribution >= 4 is 47.6 Å². The highest BCUT2D eigenvalue weighted by molar-refractivity contribution is 9.11. The zero-order valence-electron chi connectivity index (χ0n) is 10.6. The Morgan fingerprint density at radius 2 is 1.71 bits per heavy atom. The van der Waals surface area contributed by atoms with Crippen LogP contribution in [0.2, 0.25) is 0 Å². The number of anilines is 1. The van der Waals surface area contributed by atoms with Gasteiger partial charge < -0.3 is 5.73 Å². The molecule has 4 nitrogen and oxygen atoms in total. The summed E-state index contributed by atoms with van der Waals surface area (Å²) in [5.74, 6) is -0.462. The highest BCUT2D eigenvalue weighted by Gasteiger charge is 2.21. The predicted molar refractivity (Wildman–Crippen MR) is 86.7 cm³/mol. The Bertz CT molecular complexity index is 758. The van der Waals surface area contributed by atoms with Crippen LogP contribution in [0.1, 0.15) is 5.56 Å². The maximum Gasteiger partial charge on any atom is 0.243 e. The van der Waals surface area contributed by atoms with Gasteiger partial charge >= 0.3 is 0 Å². The van der Waals surface area contributed by atoms with Gasteiger partial charge in [0.2, 0.25) is 10.0 Å². The molecule has 0 saturated heterocycles. The lowest BCUT2D eigenvalue weighted by Crippen LogP contribution is -2.24. The van der Waals surface area contributed by atoms with Crippen LogP contribution in [0.3, 0.4) is 0 Å². The molecule has 0 spiro atoms. The molecule has 0 atom stereocenters. The molecule has 8 heteroatoms. The number of sulfonamides is 1. The summed E-state index contributed by atoms with van der Waals surface area (Å²) in [6, 6.07) is 8.96. The van der Waals surface area contributed by atoms with E-state index >= 15 is 0 Å². The molecule has 0 heterocycles. The Labute approximate surface area is 138 Å². The van der Waals surface area contributed by atoms with Crippen molar-refractivity contribution < 1.29 is 12.8 Å². The Morgan fingerprint density at radius 3 is 2.29 bits per heavy atom. The summed E-state index contributed by atoms with van der Waals surface area (Å²) >= 11 is 6.34. The largest absolute Gasteiger partial charge is 0.399 e. The van der Waals surface area contributed by atoms with E-state index in [2.05, 4.69) is 36.6 Å². The average Bonchev–Trinajstić information content (AvgIpc) is 2.36. The summed E-state index contributed by atoms with van der Waals surface area (Å²) in [4.78, 5) is 0.0213. The normalized spacial score (nSPS) is 11.6. The molecule has 0 bridgehead atoms. The summed E-state index contributed by atoms with van der Waals surface area (Å²) in [6.07, 6.45) is 0. The minimum atomic E-state index is -3.82. The van der Waals surface area contributed by atoms with Crippen LogP contribution in [0, 0.1) is 5.82 Å². The van der Waals surface area contributed by atoms with E-state index in [-0.39, 0.29) is 17.0 Å².